The molecular formula is C50H40B7NO. The van der Waals surface area contributed by atoms with Crippen LogP contribution in [0.5, 0.6) is 0 Å². The Morgan fingerprint density at radius 2 is 0.915 bits per heavy atom. The number of nitrogens with zero attached hydrogens (tertiary/aromatic N) is 1. The minimum atomic E-state index is 0.899. The Balaban J connectivity index is 1.18. The average molecular weight is 747 g/mol. The molecule has 0 bridgehead atoms. The van der Waals surface area contributed by atoms with E-state index in [1.165, 1.54) is 82.3 Å². The largest absolute Gasteiger partial charge is 0.455 e. The molecule has 0 aliphatic carbocycles. The van der Waals surface area contributed by atoms with Gasteiger partial charge < -0.3 is 9.32 Å². The summed E-state index contributed by atoms with van der Waals surface area (Å²) >= 11 is 0. The van der Waals surface area contributed by atoms with Gasteiger partial charge in [-0.2, -0.15) is 0 Å². The second kappa shape index (κ2) is 14.4. The van der Waals surface area contributed by atoms with Crippen LogP contribution in [-0.2, 0) is 0 Å². The first-order chi connectivity index (χ1) is 28.7. The smallest absolute Gasteiger partial charge is 0.143 e. The first-order valence-electron chi connectivity index (χ1n) is 20.7. The molecule has 0 radical (unpaired) electrons. The summed E-state index contributed by atoms with van der Waals surface area (Å²) in [6, 6.07) is 57.1. The van der Waals surface area contributed by atoms with E-state index in [4.69, 9.17) is 4.42 Å². The molecule has 272 valence electrons. The van der Waals surface area contributed by atoms with Crippen LogP contribution in [0.2, 0.25) is 0 Å². The summed E-state index contributed by atoms with van der Waals surface area (Å²) in [6.07, 6.45) is 0. The highest BCUT2D eigenvalue weighted by atomic mass is 16.3. The van der Waals surface area contributed by atoms with Crippen molar-refractivity contribution in [3.05, 3.63) is 158 Å². The molecule has 1 aromatic heterocycles. The summed E-state index contributed by atoms with van der Waals surface area (Å²) < 4.78 is 6.64. The second-order valence-corrected chi connectivity index (χ2v) is 16.3. The molecule has 0 aliphatic rings. The summed E-state index contributed by atoms with van der Waals surface area (Å²) in [7, 11) is 16.1. The summed E-state index contributed by atoms with van der Waals surface area (Å²) in [6.45, 7) is 0. The summed E-state index contributed by atoms with van der Waals surface area (Å²) in [5.41, 5.74) is 21.9. The van der Waals surface area contributed by atoms with E-state index in [0.29, 0.717) is 0 Å². The van der Waals surface area contributed by atoms with Crippen molar-refractivity contribution in [2.24, 2.45) is 0 Å². The van der Waals surface area contributed by atoms with Crippen molar-refractivity contribution >= 4 is 154 Å². The number of fused-ring (bicyclic) bond motifs is 6. The Bertz CT molecular complexity index is 3280. The molecule has 0 fully saturated rings. The molecular weight excluding hydrogens is 706 g/mol. The maximum absolute atomic E-state index is 6.64. The van der Waals surface area contributed by atoms with Gasteiger partial charge >= 0.3 is 0 Å². The quantitative estimate of drug-likeness (QED) is 0.243. The van der Waals surface area contributed by atoms with Gasteiger partial charge in [0.25, 0.3) is 0 Å². The fraction of sp³-hybridized carbons (Fsp3) is 0. The molecule has 0 amide bonds. The predicted octanol–water partition coefficient (Wildman–Crippen LogP) is 2.17. The lowest BCUT2D eigenvalue weighted by molar-refractivity contribution is 0.673. The SMILES string of the molecule is Bc1c(B)c(B)c2c(N(c3ccc(-c4ccc(-c5ccccc5)cc4)cc3)c3cccc(-c4cccc5oc6c7ccccc7ccc6c45)c3)c(B)c(B)c(B)c2c1B. The van der Waals surface area contributed by atoms with Crippen molar-refractivity contribution in [2.75, 3.05) is 4.90 Å². The molecule has 0 unspecified atom stereocenters. The topological polar surface area (TPSA) is 16.4 Å². The van der Waals surface area contributed by atoms with Crippen LogP contribution in [0.15, 0.2) is 162 Å². The monoisotopic (exact) mass is 747 g/mol. The fourth-order valence-electron chi connectivity index (χ4n) is 9.49. The second-order valence-electron chi connectivity index (χ2n) is 16.3. The van der Waals surface area contributed by atoms with Crippen LogP contribution in [-0.4, -0.2) is 54.9 Å². The third-order valence-corrected chi connectivity index (χ3v) is 13.3. The average Bonchev–Trinajstić information content (AvgIpc) is 3.68. The van der Waals surface area contributed by atoms with Gasteiger partial charge in [-0.15, -0.1) is 10.9 Å². The van der Waals surface area contributed by atoms with Gasteiger partial charge in [0.05, 0.1) is 0 Å². The Morgan fingerprint density at radius 3 is 1.61 bits per heavy atom. The van der Waals surface area contributed by atoms with Crippen LogP contribution >= 0.6 is 0 Å². The summed E-state index contributed by atoms with van der Waals surface area (Å²) in [4.78, 5) is 2.51. The summed E-state index contributed by atoms with van der Waals surface area (Å²) in [5.74, 6) is 0. The highest BCUT2D eigenvalue weighted by Crippen LogP contribution is 2.42. The molecule has 0 saturated heterocycles. The first kappa shape index (κ1) is 36.9. The molecule has 59 heavy (non-hydrogen) atoms. The standard InChI is InChI=1S/C50H40B7NO/c51-42-40-41(44(53)46(55)45(42)54)49(48(57)47(56)43(40)52)58(33-23-20-30(21-24-33)29-18-16-28(17-19-29)27-8-2-1-3-9-27)34-12-6-11-32(26-34)35-14-7-15-38-39(35)37-25-22-31-10-4-5-13-36(31)50(37)59-38/h1-26H,51-57H2. The molecule has 0 atom stereocenters. The zero-order valence-corrected chi connectivity index (χ0v) is 34.9. The molecule has 9 aromatic carbocycles. The van der Waals surface area contributed by atoms with Gasteiger partial charge in [-0.1, -0.05) is 149 Å². The van der Waals surface area contributed by atoms with Gasteiger partial charge in [-0.05, 0) is 85.9 Å². The van der Waals surface area contributed by atoms with E-state index in [0.717, 1.165) is 49.8 Å². The molecule has 1 heterocycles. The van der Waals surface area contributed by atoms with Gasteiger partial charge in [0.2, 0.25) is 0 Å². The zero-order valence-electron chi connectivity index (χ0n) is 34.9. The highest BCUT2D eigenvalue weighted by molar-refractivity contribution is 6.72. The Morgan fingerprint density at radius 1 is 0.356 bits per heavy atom. The lowest BCUT2D eigenvalue weighted by Gasteiger charge is -2.33. The van der Waals surface area contributed by atoms with E-state index in [9.17, 15) is 0 Å². The molecule has 0 spiro atoms. The van der Waals surface area contributed by atoms with E-state index in [1.54, 1.807) is 0 Å². The maximum Gasteiger partial charge on any atom is 0.143 e. The van der Waals surface area contributed by atoms with Crippen LogP contribution in [0, 0.1) is 0 Å². The Hall–Kier alpha value is -6.45. The molecule has 9 heteroatoms. The minimum absolute atomic E-state index is 0.899. The summed E-state index contributed by atoms with van der Waals surface area (Å²) in [5, 5.41) is 7.28. The Kier molecular flexibility index (Phi) is 9.02. The molecule has 10 aromatic rings. The van der Waals surface area contributed by atoms with Gasteiger partial charge in [0.1, 0.15) is 66.1 Å². The van der Waals surface area contributed by atoms with Crippen molar-refractivity contribution in [2.45, 2.75) is 0 Å². The third kappa shape index (κ3) is 5.98. The zero-order chi connectivity index (χ0) is 40.5. The van der Waals surface area contributed by atoms with Crippen LogP contribution in [0.4, 0.5) is 17.1 Å². The van der Waals surface area contributed by atoms with E-state index in [2.05, 4.69) is 218 Å². The third-order valence-electron chi connectivity index (χ3n) is 13.3. The predicted molar refractivity (Wildman–Crippen MR) is 277 cm³/mol. The van der Waals surface area contributed by atoms with Crippen LogP contribution < -0.4 is 43.1 Å². The molecule has 0 N–H and O–H groups in total. The molecule has 2 nitrogen and oxygen atoms in total. The molecule has 10 rings (SSSR count). The van der Waals surface area contributed by atoms with Crippen molar-refractivity contribution in [1.29, 1.82) is 0 Å². The Labute approximate surface area is 352 Å². The van der Waals surface area contributed by atoms with Crippen molar-refractivity contribution in [3.63, 3.8) is 0 Å². The minimum Gasteiger partial charge on any atom is -0.455 e. The molecule has 0 aliphatic heterocycles. The number of furan rings is 1. The lowest BCUT2D eigenvalue weighted by atomic mass is 9.59. The van der Waals surface area contributed by atoms with Crippen LogP contribution in [0.25, 0.3) is 76.9 Å². The van der Waals surface area contributed by atoms with Crippen LogP contribution in [0.3, 0.4) is 0 Å². The van der Waals surface area contributed by atoms with Gasteiger partial charge in [-0.25, -0.2) is 0 Å². The fourth-order valence-corrected chi connectivity index (χ4v) is 9.49. The van der Waals surface area contributed by atoms with Gasteiger partial charge in [0.15, 0.2) is 0 Å². The van der Waals surface area contributed by atoms with Gasteiger partial charge in [0, 0.05) is 33.2 Å². The number of hydrogen-bond acceptors (Lipinski definition) is 2. The lowest BCUT2D eigenvalue weighted by Crippen LogP contribution is -2.52. The van der Waals surface area contributed by atoms with Gasteiger partial charge in [-0.3, -0.25) is 0 Å². The number of rotatable bonds is 6. The van der Waals surface area contributed by atoms with E-state index in [1.807, 2.05) is 0 Å². The number of hydrogen-bond donors (Lipinski definition) is 0. The van der Waals surface area contributed by atoms with Crippen molar-refractivity contribution < 1.29 is 4.42 Å². The van der Waals surface area contributed by atoms with E-state index < -0.39 is 0 Å². The number of benzene rings is 9. The molecule has 0 saturated carbocycles. The highest BCUT2D eigenvalue weighted by Gasteiger charge is 2.25. The van der Waals surface area contributed by atoms with E-state index in [-0.39, 0.29) is 0 Å². The first-order valence-corrected chi connectivity index (χ1v) is 20.7. The van der Waals surface area contributed by atoms with Crippen molar-refractivity contribution in [1.82, 2.24) is 0 Å². The van der Waals surface area contributed by atoms with Crippen LogP contribution in [0.1, 0.15) is 0 Å². The van der Waals surface area contributed by atoms with Crippen molar-refractivity contribution in [3.8, 4) is 33.4 Å². The number of anilines is 3. The van der Waals surface area contributed by atoms with E-state index >= 15 is 0 Å². The maximum atomic E-state index is 6.64. The normalized spacial score (nSPS) is 11.5.